The number of hydrogen-bond acceptors (Lipinski definition) is 4. The molecule has 0 saturated carbocycles. The number of nitrogens with two attached hydrogens (primary N) is 1. The third-order valence-corrected chi connectivity index (χ3v) is 4.36. The fraction of sp³-hybridized carbons (Fsp3) is 0.400. The van der Waals surface area contributed by atoms with Gasteiger partial charge in [-0.2, -0.15) is 0 Å². The second kappa shape index (κ2) is 3.27. The molecule has 0 bridgehead atoms. The molecule has 0 atom stereocenters. The normalized spacial score (nSPS) is 21.4. The Kier molecular flexibility index (Phi) is 2.70. The minimum Gasteiger partial charge on any atom is -0.378 e. The van der Waals surface area contributed by atoms with Gasteiger partial charge in [0.1, 0.15) is 0 Å². The first-order valence-corrected chi connectivity index (χ1v) is 6.02. The molecule has 0 amide bonds. The molecule has 4 nitrogen and oxygen atoms in total. The molecule has 68 valence electrons. The van der Waals surface area contributed by atoms with Crippen LogP contribution in [0.3, 0.4) is 0 Å². The van der Waals surface area contributed by atoms with Crippen LogP contribution < -0.4 is 5.73 Å². The fourth-order valence-electron chi connectivity index (χ4n) is 0.820. The van der Waals surface area contributed by atoms with Crippen molar-refractivity contribution in [3.05, 3.63) is 9.94 Å². The lowest BCUT2D eigenvalue weighted by atomic mass is 10.6. The topological polar surface area (TPSA) is 84.0 Å². The van der Waals surface area contributed by atoms with Gasteiger partial charge in [0.2, 0.25) is 0 Å². The highest BCUT2D eigenvalue weighted by Crippen LogP contribution is 2.30. The van der Waals surface area contributed by atoms with Crippen LogP contribution in [0.5, 0.6) is 0 Å². The summed E-state index contributed by atoms with van der Waals surface area (Å²) in [6.07, 6.45) is 0. The summed E-state index contributed by atoms with van der Waals surface area (Å²) in [5.74, 6) is -0.208. The molecule has 0 radical (unpaired) electrons. The SMILES string of the molecule is N=C(N)SC1=C(Cl)CS(=O)(=O)C1. The summed E-state index contributed by atoms with van der Waals surface area (Å²) in [4.78, 5) is 0.476. The van der Waals surface area contributed by atoms with E-state index in [4.69, 9.17) is 22.7 Å². The van der Waals surface area contributed by atoms with Gasteiger partial charge in [-0.1, -0.05) is 23.4 Å². The van der Waals surface area contributed by atoms with Crippen LogP contribution in [0.2, 0.25) is 0 Å². The lowest BCUT2D eigenvalue weighted by molar-refractivity contribution is 0.603. The van der Waals surface area contributed by atoms with Crippen LogP contribution >= 0.6 is 23.4 Å². The molecule has 0 aromatic carbocycles. The maximum Gasteiger partial charge on any atom is 0.160 e. The minimum atomic E-state index is -3.07. The molecule has 0 fully saturated rings. The summed E-state index contributed by atoms with van der Waals surface area (Å²) in [5, 5.41) is 7.08. The highest BCUT2D eigenvalue weighted by molar-refractivity contribution is 8.17. The van der Waals surface area contributed by atoms with E-state index in [9.17, 15) is 8.42 Å². The molecule has 1 rings (SSSR count). The van der Waals surface area contributed by atoms with Crippen molar-refractivity contribution in [2.45, 2.75) is 0 Å². The maximum absolute atomic E-state index is 11.0. The molecule has 1 aliphatic rings. The molecular weight excluding hydrogens is 220 g/mol. The van der Waals surface area contributed by atoms with Gasteiger partial charge in [0, 0.05) is 9.94 Å². The van der Waals surface area contributed by atoms with Crippen molar-refractivity contribution in [1.82, 2.24) is 0 Å². The van der Waals surface area contributed by atoms with Gasteiger partial charge >= 0.3 is 0 Å². The Hall–Kier alpha value is -0.200. The van der Waals surface area contributed by atoms with Crippen LogP contribution in [0.1, 0.15) is 0 Å². The van der Waals surface area contributed by atoms with Gasteiger partial charge in [-0.25, -0.2) is 8.42 Å². The molecule has 0 aromatic rings. The van der Waals surface area contributed by atoms with E-state index in [2.05, 4.69) is 0 Å². The first-order valence-electron chi connectivity index (χ1n) is 3.00. The molecular formula is C5H7ClN2O2S2. The first kappa shape index (κ1) is 9.88. The van der Waals surface area contributed by atoms with Crippen molar-refractivity contribution in [3.63, 3.8) is 0 Å². The van der Waals surface area contributed by atoms with E-state index >= 15 is 0 Å². The number of amidine groups is 1. The molecule has 1 heterocycles. The van der Waals surface area contributed by atoms with Gasteiger partial charge in [0.15, 0.2) is 15.0 Å². The highest BCUT2D eigenvalue weighted by atomic mass is 35.5. The van der Waals surface area contributed by atoms with Crippen LogP contribution in [0.4, 0.5) is 0 Å². The predicted octanol–water partition coefficient (Wildman–Crippen LogP) is 0.492. The zero-order valence-corrected chi connectivity index (χ0v) is 8.39. The Morgan fingerprint density at radius 1 is 1.58 bits per heavy atom. The lowest BCUT2D eigenvalue weighted by Gasteiger charge is -1.96. The predicted molar refractivity (Wildman–Crippen MR) is 51.0 cm³/mol. The number of rotatable bonds is 1. The van der Waals surface area contributed by atoms with E-state index in [1.807, 2.05) is 0 Å². The highest BCUT2D eigenvalue weighted by Gasteiger charge is 2.27. The van der Waals surface area contributed by atoms with E-state index in [1.54, 1.807) is 0 Å². The molecule has 3 N–H and O–H groups in total. The Labute approximate surface area is 79.6 Å². The monoisotopic (exact) mass is 226 g/mol. The van der Waals surface area contributed by atoms with Crippen LogP contribution in [0, 0.1) is 5.41 Å². The van der Waals surface area contributed by atoms with Crippen molar-refractivity contribution in [2.24, 2.45) is 5.73 Å². The van der Waals surface area contributed by atoms with E-state index in [-0.39, 0.29) is 21.7 Å². The zero-order chi connectivity index (χ0) is 9.35. The van der Waals surface area contributed by atoms with E-state index in [0.29, 0.717) is 4.91 Å². The Balaban J connectivity index is 2.80. The van der Waals surface area contributed by atoms with Gasteiger partial charge in [0.05, 0.1) is 11.5 Å². The average molecular weight is 227 g/mol. The van der Waals surface area contributed by atoms with Crippen molar-refractivity contribution in [1.29, 1.82) is 5.41 Å². The third kappa shape index (κ3) is 2.40. The number of nitrogens with one attached hydrogen (secondary N) is 1. The van der Waals surface area contributed by atoms with Crippen LogP contribution in [0.15, 0.2) is 9.94 Å². The minimum absolute atomic E-state index is 0.0872. The van der Waals surface area contributed by atoms with Crippen LogP contribution in [-0.2, 0) is 9.84 Å². The smallest absolute Gasteiger partial charge is 0.160 e. The summed E-state index contributed by atoms with van der Waals surface area (Å²) in [5.41, 5.74) is 5.08. The first-order chi connectivity index (χ1) is 5.41. The van der Waals surface area contributed by atoms with Crippen molar-refractivity contribution in [3.8, 4) is 0 Å². The van der Waals surface area contributed by atoms with Crippen molar-refractivity contribution >= 4 is 38.4 Å². The lowest BCUT2D eigenvalue weighted by Crippen LogP contribution is -2.06. The molecule has 0 aliphatic carbocycles. The average Bonchev–Trinajstić information content (AvgIpc) is 2.03. The van der Waals surface area contributed by atoms with E-state index in [0.717, 1.165) is 11.8 Å². The fourth-order valence-corrected chi connectivity index (χ4v) is 4.13. The third-order valence-electron chi connectivity index (χ3n) is 1.23. The molecule has 0 saturated heterocycles. The quantitative estimate of drug-likeness (QED) is 0.504. The number of hydrogen-bond donors (Lipinski definition) is 2. The summed E-state index contributed by atoms with van der Waals surface area (Å²) >= 11 is 6.54. The summed E-state index contributed by atoms with van der Waals surface area (Å²) in [6.45, 7) is 0. The number of halogens is 1. The molecule has 7 heteroatoms. The Morgan fingerprint density at radius 2 is 2.17 bits per heavy atom. The van der Waals surface area contributed by atoms with Gasteiger partial charge in [0.25, 0.3) is 0 Å². The maximum atomic E-state index is 11.0. The van der Waals surface area contributed by atoms with Gasteiger partial charge in [-0.3, -0.25) is 5.41 Å². The second-order valence-corrected chi connectivity index (χ2v) is 5.98. The van der Waals surface area contributed by atoms with Gasteiger partial charge < -0.3 is 5.73 Å². The van der Waals surface area contributed by atoms with E-state index < -0.39 is 9.84 Å². The van der Waals surface area contributed by atoms with Crippen LogP contribution in [0.25, 0.3) is 0 Å². The van der Waals surface area contributed by atoms with Gasteiger partial charge in [-0.05, 0) is 0 Å². The molecule has 1 aliphatic heterocycles. The summed E-state index contributed by atoms with van der Waals surface area (Å²) in [6, 6.07) is 0. The zero-order valence-electron chi connectivity index (χ0n) is 6.00. The summed E-state index contributed by atoms with van der Waals surface area (Å²) < 4.78 is 22.0. The Morgan fingerprint density at radius 3 is 2.50 bits per heavy atom. The molecule has 0 unspecified atom stereocenters. The van der Waals surface area contributed by atoms with Crippen molar-refractivity contribution in [2.75, 3.05) is 11.5 Å². The van der Waals surface area contributed by atoms with Crippen molar-refractivity contribution < 1.29 is 8.42 Å². The Bertz CT molecular complexity index is 346. The standard InChI is InChI=1S/C5H7ClN2O2S2/c6-3-1-12(9,10)2-4(3)11-5(7)8/h1-2H2,(H3,7,8). The van der Waals surface area contributed by atoms with E-state index in [1.165, 1.54) is 0 Å². The van der Waals surface area contributed by atoms with Crippen LogP contribution in [-0.4, -0.2) is 25.1 Å². The summed E-state index contributed by atoms with van der Waals surface area (Å²) in [7, 11) is -3.07. The van der Waals surface area contributed by atoms with Gasteiger partial charge in [-0.15, -0.1) is 0 Å². The molecule has 12 heavy (non-hydrogen) atoms. The molecule has 0 aromatic heterocycles. The number of sulfone groups is 1. The molecule has 0 spiro atoms. The second-order valence-electron chi connectivity index (χ2n) is 2.33. The number of thioether (sulfide) groups is 1. The largest absolute Gasteiger partial charge is 0.378 e.